The number of imide groups is 1. The fraction of sp³-hybridized carbons (Fsp3) is 0.429. The molecule has 1 saturated carbocycles. The Bertz CT molecular complexity index is 518. The predicted octanol–water partition coefficient (Wildman–Crippen LogP) is 2.09. The van der Waals surface area contributed by atoms with Crippen LogP contribution in [0.4, 0.5) is 11.4 Å². The highest BCUT2D eigenvalue weighted by molar-refractivity contribution is 6.22. The van der Waals surface area contributed by atoms with E-state index in [0.717, 1.165) is 25.7 Å². The van der Waals surface area contributed by atoms with Crippen LogP contribution in [0.3, 0.4) is 0 Å². The van der Waals surface area contributed by atoms with Crippen molar-refractivity contribution < 1.29 is 9.59 Å². The van der Waals surface area contributed by atoms with Gasteiger partial charge in [-0.2, -0.15) is 0 Å². The number of carbonyl (C=O) groups excluding carboxylic acids is 2. The van der Waals surface area contributed by atoms with Gasteiger partial charge in [0.15, 0.2) is 0 Å². The Balaban J connectivity index is 1.98. The molecular weight excluding hydrogens is 228 g/mol. The lowest BCUT2D eigenvalue weighted by Gasteiger charge is -2.21. The van der Waals surface area contributed by atoms with Crippen molar-refractivity contribution >= 4 is 23.2 Å². The van der Waals surface area contributed by atoms with Gasteiger partial charge in [0, 0.05) is 12.1 Å². The molecule has 2 aliphatic rings. The summed E-state index contributed by atoms with van der Waals surface area (Å²) in [6, 6.07) is 6.97. The summed E-state index contributed by atoms with van der Waals surface area (Å²) in [7, 11) is 0. The van der Waals surface area contributed by atoms with E-state index in [2.05, 4.69) is 0 Å². The first-order valence-electron chi connectivity index (χ1n) is 6.35. The van der Waals surface area contributed by atoms with Crippen LogP contribution in [0.2, 0.25) is 0 Å². The van der Waals surface area contributed by atoms with Gasteiger partial charge in [-0.3, -0.25) is 9.59 Å². The highest BCUT2D eigenvalue weighted by atomic mass is 16.2. The van der Waals surface area contributed by atoms with E-state index in [0.29, 0.717) is 17.8 Å². The number of nitrogen functional groups attached to an aromatic ring is 1. The summed E-state index contributed by atoms with van der Waals surface area (Å²) >= 11 is 0. The first-order valence-corrected chi connectivity index (χ1v) is 6.35. The number of hydrogen-bond donors (Lipinski definition) is 1. The summed E-state index contributed by atoms with van der Waals surface area (Å²) in [5.74, 6) is -0.122. The minimum atomic E-state index is -0.415. The fourth-order valence-electron chi connectivity index (χ4n) is 3.16. The average Bonchev–Trinajstić information content (AvgIpc) is 2.87. The summed E-state index contributed by atoms with van der Waals surface area (Å²) in [6.07, 6.45) is 4.14. The standard InChI is InChI=1S/C14H16N2O2/c15-10-4-3-5-11(8-10)16-12(17)9-14(13(16)18)6-1-2-7-14/h3-5,8H,1-2,6-7,9,15H2. The van der Waals surface area contributed by atoms with Gasteiger partial charge in [0.05, 0.1) is 11.1 Å². The van der Waals surface area contributed by atoms with Gasteiger partial charge >= 0.3 is 0 Å². The van der Waals surface area contributed by atoms with Crippen molar-refractivity contribution in [1.82, 2.24) is 0 Å². The van der Waals surface area contributed by atoms with Gasteiger partial charge in [-0.1, -0.05) is 18.9 Å². The molecule has 0 unspecified atom stereocenters. The molecule has 1 aliphatic heterocycles. The van der Waals surface area contributed by atoms with E-state index in [1.54, 1.807) is 24.3 Å². The van der Waals surface area contributed by atoms with E-state index in [1.165, 1.54) is 4.90 Å². The highest BCUT2D eigenvalue weighted by Gasteiger charge is 2.52. The van der Waals surface area contributed by atoms with E-state index in [1.807, 2.05) is 0 Å². The lowest BCUT2D eigenvalue weighted by atomic mass is 9.84. The summed E-state index contributed by atoms with van der Waals surface area (Å²) < 4.78 is 0. The summed E-state index contributed by atoms with van der Waals surface area (Å²) in [5.41, 5.74) is 6.47. The van der Waals surface area contributed by atoms with Crippen LogP contribution in [0.1, 0.15) is 32.1 Å². The van der Waals surface area contributed by atoms with Gasteiger partial charge in [0.25, 0.3) is 0 Å². The van der Waals surface area contributed by atoms with Crippen molar-refractivity contribution in [3.8, 4) is 0 Å². The van der Waals surface area contributed by atoms with E-state index < -0.39 is 5.41 Å². The van der Waals surface area contributed by atoms with Crippen LogP contribution in [0.5, 0.6) is 0 Å². The van der Waals surface area contributed by atoms with Crippen LogP contribution in [0.25, 0.3) is 0 Å². The van der Waals surface area contributed by atoms with Crippen molar-refractivity contribution in [3.05, 3.63) is 24.3 Å². The second kappa shape index (κ2) is 3.83. The van der Waals surface area contributed by atoms with Gasteiger partial charge in [-0.05, 0) is 31.0 Å². The minimum absolute atomic E-state index is 0.0319. The molecule has 0 radical (unpaired) electrons. The molecule has 18 heavy (non-hydrogen) atoms. The number of hydrogen-bond acceptors (Lipinski definition) is 3. The molecule has 1 aromatic carbocycles. The largest absolute Gasteiger partial charge is 0.399 e. The first kappa shape index (κ1) is 11.3. The van der Waals surface area contributed by atoms with Crippen molar-refractivity contribution in [1.29, 1.82) is 0 Å². The van der Waals surface area contributed by atoms with Crippen LogP contribution in [0.15, 0.2) is 24.3 Å². The lowest BCUT2D eigenvalue weighted by molar-refractivity contribution is -0.125. The average molecular weight is 244 g/mol. The molecule has 0 atom stereocenters. The van der Waals surface area contributed by atoms with Crippen molar-refractivity contribution in [2.75, 3.05) is 10.6 Å². The van der Waals surface area contributed by atoms with Crippen LogP contribution in [-0.2, 0) is 9.59 Å². The maximum absolute atomic E-state index is 12.5. The first-order chi connectivity index (χ1) is 8.62. The molecule has 1 saturated heterocycles. The van der Waals surface area contributed by atoms with Crippen molar-refractivity contribution in [2.24, 2.45) is 5.41 Å². The van der Waals surface area contributed by atoms with Gasteiger partial charge in [0.2, 0.25) is 11.8 Å². The van der Waals surface area contributed by atoms with Crippen molar-refractivity contribution in [2.45, 2.75) is 32.1 Å². The molecule has 0 bridgehead atoms. The Morgan fingerprint density at radius 2 is 1.89 bits per heavy atom. The normalized spacial score (nSPS) is 22.1. The number of anilines is 2. The molecule has 1 aliphatic carbocycles. The second-order valence-electron chi connectivity index (χ2n) is 5.29. The molecule has 2 fully saturated rings. The molecule has 94 valence electrons. The third-order valence-electron chi connectivity index (χ3n) is 4.08. The zero-order valence-corrected chi connectivity index (χ0v) is 10.2. The number of benzene rings is 1. The topological polar surface area (TPSA) is 63.4 Å². The summed E-state index contributed by atoms with van der Waals surface area (Å²) in [5, 5.41) is 0. The summed E-state index contributed by atoms with van der Waals surface area (Å²) in [6.45, 7) is 0. The monoisotopic (exact) mass is 244 g/mol. The molecule has 1 aromatic rings. The molecule has 1 heterocycles. The number of nitrogens with zero attached hydrogens (tertiary/aromatic N) is 1. The number of amides is 2. The maximum atomic E-state index is 12.5. The Kier molecular flexibility index (Phi) is 2.40. The van der Waals surface area contributed by atoms with E-state index in [9.17, 15) is 9.59 Å². The third-order valence-corrected chi connectivity index (χ3v) is 4.08. The van der Waals surface area contributed by atoms with E-state index in [-0.39, 0.29) is 11.8 Å². The van der Waals surface area contributed by atoms with Crippen molar-refractivity contribution in [3.63, 3.8) is 0 Å². The van der Waals surface area contributed by atoms with Gasteiger partial charge in [0.1, 0.15) is 0 Å². The van der Waals surface area contributed by atoms with E-state index >= 15 is 0 Å². The van der Waals surface area contributed by atoms with E-state index in [4.69, 9.17) is 5.73 Å². The quantitative estimate of drug-likeness (QED) is 0.607. The fourth-order valence-corrected chi connectivity index (χ4v) is 3.16. The number of nitrogens with two attached hydrogens (primary N) is 1. The highest BCUT2D eigenvalue weighted by Crippen LogP contribution is 2.47. The Labute approximate surface area is 106 Å². The molecule has 4 heteroatoms. The second-order valence-corrected chi connectivity index (χ2v) is 5.29. The van der Waals surface area contributed by atoms with Gasteiger partial charge in [-0.25, -0.2) is 4.90 Å². The van der Waals surface area contributed by atoms with Crippen LogP contribution in [-0.4, -0.2) is 11.8 Å². The number of carbonyl (C=O) groups is 2. The van der Waals surface area contributed by atoms with Gasteiger partial charge in [-0.15, -0.1) is 0 Å². The Hall–Kier alpha value is -1.84. The molecular formula is C14H16N2O2. The van der Waals surface area contributed by atoms with Crippen LogP contribution in [0, 0.1) is 5.41 Å². The maximum Gasteiger partial charge on any atom is 0.240 e. The Morgan fingerprint density at radius 1 is 1.17 bits per heavy atom. The third kappa shape index (κ3) is 1.52. The van der Waals surface area contributed by atoms with Crippen LogP contribution < -0.4 is 10.6 Å². The Morgan fingerprint density at radius 3 is 2.56 bits per heavy atom. The minimum Gasteiger partial charge on any atom is -0.399 e. The molecule has 3 rings (SSSR count). The lowest BCUT2D eigenvalue weighted by Crippen LogP contribution is -2.34. The molecule has 2 amide bonds. The molecule has 1 spiro atoms. The zero-order chi connectivity index (χ0) is 12.8. The number of rotatable bonds is 1. The van der Waals surface area contributed by atoms with Gasteiger partial charge < -0.3 is 5.73 Å². The predicted molar refractivity (Wildman–Crippen MR) is 68.9 cm³/mol. The smallest absolute Gasteiger partial charge is 0.240 e. The molecule has 0 aromatic heterocycles. The molecule has 2 N–H and O–H groups in total. The molecule has 4 nitrogen and oxygen atoms in total. The summed E-state index contributed by atoms with van der Waals surface area (Å²) in [4.78, 5) is 26.0. The van der Waals surface area contributed by atoms with Crippen LogP contribution >= 0.6 is 0 Å². The zero-order valence-electron chi connectivity index (χ0n) is 10.2. The SMILES string of the molecule is Nc1cccc(N2C(=O)CC3(CCCC3)C2=O)c1.